The van der Waals surface area contributed by atoms with Crippen molar-refractivity contribution < 1.29 is 17.6 Å². The molecule has 0 saturated heterocycles. The lowest BCUT2D eigenvalue weighted by molar-refractivity contribution is -0.116. The highest BCUT2D eigenvalue weighted by Crippen LogP contribution is 2.22. The van der Waals surface area contributed by atoms with Crippen LogP contribution in [0.2, 0.25) is 0 Å². The first-order valence-corrected chi connectivity index (χ1v) is 10.6. The van der Waals surface area contributed by atoms with E-state index in [1.807, 2.05) is 12.1 Å². The van der Waals surface area contributed by atoms with Crippen molar-refractivity contribution in [3.8, 4) is 11.5 Å². The first kappa shape index (κ1) is 19.2. The summed E-state index contributed by atoms with van der Waals surface area (Å²) in [5.74, 6) is -0.216. The zero-order valence-corrected chi connectivity index (χ0v) is 16.5. The molecule has 0 saturated carbocycles. The van der Waals surface area contributed by atoms with Crippen LogP contribution in [-0.4, -0.2) is 30.3 Å². The molecule has 1 amide bonds. The number of anilines is 1. The summed E-state index contributed by atoms with van der Waals surface area (Å²) in [7, 11) is -3.40. The predicted octanol–water partition coefficient (Wildman–Crippen LogP) is 3.69. The summed E-state index contributed by atoms with van der Waals surface area (Å²) in [6, 6.07) is 15.4. The van der Waals surface area contributed by atoms with Crippen LogP contribution in [0.25, 0.3) is 11.5 Å². The van der Waals surface area contributed by atoms with Crippen molar-refractivity contribution in [2.24, 2.45) is 0 Å². The average molecular weight is 450 g/mol. The van der Waals surface area contributed by atoms with E-state index in [1.165, 1.54) is 12.1 Å². The molecule has 0 atom stereocenters. The number of hydrogen-bond donors (Lipinski definition) is 1. The number of aromatic nitrogens is 2. The maximum atomic E-state index is 12.2. The van der Waals surface area contributed by atoms with Gasteiger partial charge < -0.3 is 4.42 Å². The summed E-state index contributed by atoms with van der Waals surface area (Å²) in [6.45, 7) is 0. The summed E-state index contributed by atoms with van der Waals surface area (Å²) in [5, 5.41) is 10.2. The van der Waals surface area contributed by atoms with Gasteiger partial charge in [-0.05, 0) is 42.8 Å². The number of halogens is 1. The lowest BCUT2D eigenvalue weighted by Gasteiger charge is -2.04. The highest BCUT2D eigenvalue weighted by Gasteiger charge is 2.16. The second-order valence-corrected chi connectivity index (χ2v) is 8.73. The maximum Gasteiger partial charge on any atom is 0.322 e. The van der Waals surface area contributed by atoms with E-state index in [4.69, 9.17) is 4.42 Å². The Labute approximate surface area is 164 Å². The summed E-state index contributed by atoms with van der Waals surface area (Å²) < 4.78 is 30.7. The van der Waals surface area contributed by atoms with Crippen LogP contribution in [0.15, 0.2) is 68.4 Å². The Balaban J connectivity index is 1.52. The van der Waals surface area contributed by atoms with Gasteiger partial charge in [-0.15, -0.1) is 5.10 Å². The van der Waals surface area contributed by atoms with Gasteiger partial charge in [0.05, 0.1) is 10.6 Å². The molecule has 1 heterocycles. The topological polar surface area (TPSA) is 102 Å². The Hall–Kier alpha value is -2.52. The third-order valence-corrected chi connectivity index (χ3v) is 6.03. The van der Waals surface area contributed by atoms with Gasteiger partial charge in [-0.3, -0.25) is 10.1 Å². The lowest BCUT2D eigenvalue weighted by atomic mass is 10.2. The maximum absolute atomic E-state index is 12.2. The third-order valence-electron chi connectivity index (χ3n) is 3.68. The fourth-order valence-corrected chi connectivity index (χ4v) is 3.93. The van der Waals surface area contributed by atoms with Crippen molar-refractivity contribution >= 4 is 37.7 Å². The van der Waals surface area contributed by atoms with Crippen LogP contribution in [0.4, 0.5) is 6.01 Å². The molecule has 3 aromatic rings. The molecule has 7 nitrogen and oxygen atoms in total. The molecule has 9 heteroatoms. The van der Waals surface area contributed by atoms with Gasteiger partial charge in [0, 0.05) is 16.5 Å². The van der Waals surface area contributed by atoms with E-state index in [0.717, 1.165) is 10.0 Å². The largest absolute Gasteiger partial charge is 0.403 e. The molecule has 140 valence electrons. The van der Waals surface area contributed by atoms with Crippen molar-refractivity contribution in [2.75, 3.05) is 11.1 Å². The van der Waals surface area contributed by atoms with Gasteiger partial charge in [-0.1, -0.05) is 39.2 Å². The standard InChI is InChI=1S/C18H16BrN3O4S/c19-14-10-8-13(9-11-14)17-21-22-18(26-17)20-16(23)7-4-12-27(24,25)15-5-2-1-3-6-15/h1-3,5-6,8-11H,4,7,12H2,(H,20,22,23). The molecule has 1 N–H and O–H groups in total. The minimum Gasteiger partial charge on any atom is -0.403 e. The Morgan fingerprint density at radius 3 is 2.44 bits per heavy atom. The second kappa shape index (κ2) is 8.45. The number of nitrogens with one attached hydrogen (secondary N) is 1. The summed E-state index contributed by atoms with van der Waals surface area (Å²) >= 11 is 3.34. The molecule has 0 aliphatic heterocycles. The number of benzene rings is 2. The van der Waals surface area contributed by atoms with E-state index >= 15 is 0 Å². The zero-order valence-electron chi connectivity index (χ0n) is 14.1. The first-order valence-electron chi connectivity index (χ1n) is 8.11. The molecule has 2 aromatic carbocycles. The number of amides is 1. The Morgan fingerprint density at radius 2 is 1.74 bits per heavy atom. The van der Waals surface area contributed by atoms with Gasteiger partial charge in [-0.25, -0.2) is 8.42 Å². The monoisotopic (exact) mass is 449 g/mol. The normalized spacial score (nSPS) is 11.3. The van der Waals surface area contributed by atoms with Gasteiger partial charge in [0.25, 0.3) is 0 Å². The third kappa shape index (κ3) is 5.24. The van der Waals surface area contributed by atoms with Crippen LogP contribution in [0, 0.1) is 0 Å². The van der Waals surface area contributed by atoms with Crippen molar-refractivity contribution in [1.29, 1.82) is 0 Å². The quantitative estimate of drug-likeness (QED) is 0.589. The fourth-order valence-electron chi connectivity index (χ4n) is 2.33. The molecule has 0 radical (unpaired) electrons. The molecule has 0 spiro atoms. The minimum atomic E-state index is -3.40. The molecule has 3 rings (SSSR count). The smallest absolute Gasteiger partial charge is 0.322 e. The highest BCUT2D eigenvalue weighted by atomic mass is 79.9. The van der Waals surface area contributed by atoms with E-state index in [2.05, 4.69) is 31.4 Å². The van der Waals surface area contributed by atoms with Gasteiger partial charge in [0.15, 0.2) is 9.84 Å². The lowest BCUT2D eigenvalue weighted by Crippen LogP contribution is -2.14. The summed E-state index contributed by atoms with van der Waals surface area (Å²) in [4.78, 5) is 12.2. The zero-order chi connectivity index (χ0) is 19.3. The number of nitrogens with zero attached hydrogens (tertiary/aromatic N) is 2. The van der Waals surface area contributed by atoms with Crippen LogP contribution in [0.1, 0.15) is 12.8 Å². The summed E-state index contributed by atoms with van der Waals surface area (Å²) in [6.07, 6.45) is 0.221. The molecule has 0 unspecified atom stereocenters. The highest BCUT2D eigenvalue weighted by molar-refractivity contribution is 9.10. The van der Waals surface area contributed by atoms with Gasteiger partial charge >= 0.3 is 6.01 Å². The van der Waals surface area contributed by atoms with Crippen LogP contribution >= 0.6 is 15.9 Å². The summed E-state index contributed by atoms with van der Waals surface area (Å²) in [5.41, 5.74) is 0.722. The predicted molar refractivity (Wildman–Crippen MR) is 104 cm³/mol. The number of rotatable bonds is 7. The first-order chi connectivity index (χ1) is 12.9. The molecule has 0 aliphatic carbocycles. The number of hydrogen-bond acceptors (Lipinski definition) is 6. The Kier molecular flexibility index (Phi) is 6.02. The van der Waals surface area contributed by atoms with E-state index in [1.54, 1.807) is 30.3 Å². The number of sulfone groups is 1. The molecular formula is C18H16BrN3O4S. The average Bonchev–Trinajstić information content (AvgIpc) is 3.11. The van der Waals surface area contributed by atoms with E-state index < -0.39 is 9.84 Å². The van der Waals surface area contributed by atoms with Crippen molar-refractivity contribution in [3.05, 3.63) is 59.1 Å². The van der Waals surface area contributed by atoms with Crippen LogP contribution in [-0.2, 0) is 14.6 Å². The second-order valence-electron chi connectivity index (χ2n) is 5.70. The molecule has 0 fully saturated rings. The van der Waals surface area contributed by atoms with Crippen LogP contribution in [0.3, 0.4) is 0 Å². The van der Waals surface area contributed by atoms with Gasteiger partial charge in [-0.2, -0.15) is 0 Å². The van der Waals surface area contributed by atoms with Crippen molar-refractivity contribution in [3.63, 3.8) is 0 Å². The fraction of sp³-hybridized carbons (Fsp3) is 0.167. The van der Waals surface area contributed by atoms with E-state index in [9.17, 15) is 13.2 Å². The van der Waals surface area contributed by atoms with E-state index in [0.29, 0.717) is 0 Å². The van der Waals surface area contributed by atoms with Gasteiger partial charge in [0.2, 0.25) is 11.8 Å². The molecule has 1 aromatic heterocycles. The molecule has 0 aliphatic rings. The van der Waals surface area contributed by atoms with Crippen molar-refractivity contribution in [2.45, 2.75) is 17.7 Å². The Morgan fingerprint density at radius 1 is 1.04 bits per heavy atom. The van der Waals surface area contributed by atoms with E-state index in [-0.39, 0.29) is 41.3 Å². The minimum absolute atomic E-state index is 0.0242. The Bertz CT molecular complexity index is 1020. The van der Waals surface area contributed by atoms with Crippen molar-refractivity contribution in [1.82, 2.24) is 10.2 Å². The van der Waals surface area contributed by atoms with Gasteiger partial charge in [0.1, 0.15) is 0 Å². The molecule has 0 bridgehead atoms. The van der Waals surface area contributed by atoms with Crippen LogP contribution < -0.4 is 5.32 Å². The number of carbonyl (C=O) groups is 1. The molecular weight excluding hydrogens is 434 g/mol. The number of carbonyl (C=O) groups excluding carboxylic acids is 1. The SMILES string of the molecule is O=C(CCCS(=O)(=O)c1ccccc1)Nc1nnc(-c2ccc(Br)cc2)o1. The van der Waals surface area contributed by atoms with Crippen LogP contribution in [0.5, 0.6) is 0 Å². The molecule has 27 heavy (non-hydrogen) atoms.